The number of fused-ring (bicyclic) bond motifs is 1. The second kappa shape index (κ2) is 6.27. The molecule has 1 aromatic carbocycles. The SMILES string of the molecule is CC1(C)CCCCC1NC(=O)c1ccc2c(c1)CCN2.Cl. The Morgan fingerprint density at radius 1 is 1.33 bits per heavy atom. The Kier molecular flexibility index (Phi) is 4.82. The van der Waals surface area contributed by atoms with E-state index >= 15 is 0 Å². The van der Waals surface area contributed by atoms with Gasteiger partial charge in [0, 0.05) is 23.8 Å². The summed E-state index contributed by atoms with van der Waals surface area (Å²) < 4.78 is 0. The third-order valence-electron chi connectivity index (χ3n) is 4.89. The van der Waals surface area contributed by atoms with E-state index in [1.165, 1.54) is 30.5 Å². The fourth-order valence-corrected chi connectivity index (χ4v) is 3.45. The maximum atomic E-state index is 12.5. The largest absolute Gasteiger partial charge is 0.384 e. The molecule has 0 saturated heterocycles. The first-order valence-electron chi connectivity index (χ1n) is 7.74. The topological polar surface area (TPSA) is 41.1 Å². The quantitative estimate of drug-likeness (QED) is 0.873. The lowest BCUT2D eigenvalue weighted by Gasteiger charge is -2.39. The van der Waals surface area contributed by atoms with E-state index in [0.29, 0.717) is 6.04 Å². The molecule has 0 spiro atoms. The lowest BCUT2D eigenvalue weighted by Crippen LogP contribution is -2.46. The van der Waals surface area contributed by atoms with Crippen LogP contribution in [0.15, 0.2) is 18.2 Å². The fraction of sp³-hybridized carbons (Fsp3) is 0.588. The molecule has 3 nitrogen and oxygen atoms in total. The van der Waals surface area contributed by atoms with Crippen LogP contribution >= 0.6 is 12.4 Å². The van der Waals surface area contributed by atoms with Gasteiger partial charge in [0.2, 0.25) is 0 Å². The molecule has 0 radical (unpaired) electrons. The van der Waals surface area contributed by atoms with Gasteiger partial charge in [0.05, 0.1) is 0 Å². The average Bonchev–Trinajstić information content (AvgIpc) is 2.88. The van der Waals surface area contributed by atoms with Crippen molar-refractivity contribution in [1.82, 2.24) is 5.32 Å². The van der Waals surface area contributed by atoms with Gasteiger partial charge in [-0.2, -0.15) is 0 Å². The minimum atomic E-state index is 0. The molecule has 1 amide bonds. The molecule has 116 valence electrons. The molecule has 0 bridgehead atoms. The van der Waals surface area contributed by atoms with Crippen LogP contribution < -0.4 is 10.6 Å². The van der Waals surface area contributed by atoms with E-state index in [1.807, 2.05) is 18.2 Å². The summed E-state index contributed by atoms with van der Waals surface area (Å²) in [5.41, 5.74) is 3.46. The number of carbonyl (C=O) groups is 1. The maximum absolute atomic E-state index is 12.5. The molecular weight excluding hydrogens is 284 g/mol. The van der Waals surface area contributed by atoms with Gasteiger partial charge in [0.1, 0.15) is 0 Å². The number of benzene rings is 1. The molecule has 3 rings (SSSR count). The molecule has 1 unspecified atom stereocenters. The van der Waals surface area contributed by atoms with Crippen LogP contribution in [0.2, 0.25) is 0 Å². The number of nitrogens with one attached hydrogen (secondary N) is 2. The van der Waals surface area contributed by atoms with Gasteiger partial charge < -0.3 is 10.6 Å². The molecule has 1 saturated carbocycles. The lowest BCUT2D eigenvalue weighted by molar-refractivity contribution is 0.0853. The highest BCUT2D eigenvalue weighted by atomic mass is 35.5. The highest BCUT2D eigenvalue weighted by Gasteiger charge is 2.33. The zero-order valence-electron chi connectivity index (χ0n) is 12.9. The number of hydrogen-bond acceptors (Lipinski definition) is 2. The van der Waals surface area contributed by atoms with E-state index in [2.05, 4.69) is 24.5 Å². The summed E-state index contributed by atoms with van der Waals surface area (Å²) in [7, 11) is 0. The summed E-state index contributed by atoms with van der Waals surface area (Å²) in [6.07, 6.45) is 5.83. The Morgan fingerprint density at radius 3 is 2.90 bits per heavy atom. The van der Waals surface area contributed by atoms with Crippen molar-refractivity contribution in [3.05, 3.63) is 29.3 Å². The normalized spacial score (nSPS) is 22.7. The minimum Gasteiger partial charge on any atom is -0.384 e. The maximum Gasteiger partial charge on any atom is 0.251 e. The van der Waals surface area contributed by atoms with Crippen LogP contribution in [0.3, 0.4) is 0 Å². The predicted molar refractivity (Wildman–Crippen MR) is 89.4 cm³/mol. The van der Waals surface area contributed by atoms with Crippen molar-refractivity contribution in [2.24, 2.45) is 5.41 Å². The highest BCUT2D eigenvalue weighted by Crippen LogP contribution is 2.35. The van der Waals surface area contributed by atoms with Crippen molar-refractivity contribution in [3.8, 4) is 0 Å². The van der Waals surface area contributed by atoms with Gasteiger partial charge in [-0.15, -0.1) is 12.4 Å². The van der Waals surface area contributed by atoms with E-state index < -0.39 is 0 Å². The summed E-state index contributed by atoms with van der Waals surface area (Å²) in [5.74, 6) is 0.0830. The van der Waals surface area contributed by atoms with E-state index in [-0.39, 0.29) is 23.7 Å². The van der Waals surface area contributed by atoms with E-state index in [0.717, 1.165) is 24.9 Å². The summed E-state index contributed by atoms with van der Waals surface area (Å²) >= 11 is 0. The molecule has 21 heavy (non-hydrogen) atoms. The Hall–Kier alpha value is -1.22. The van der Waals surface area contributed by atoms with Crippen LogP contribution in [0, 0.1) is 5.41 Å². The number of carbonyl (C=O) groups excluding carboxylic acids is 1. The van der Waals surface area contributed by atoms with Gasteiger partial charge in [-0.05, 0) is 48.4 Å². The molecule has 2 aliphatic rings. The molecule has 1 heterocycles. The molecule has 4 heteroatoms. The van der Waals surface area contributed by atoms with Gasteiger partial charge in [-0.25, -0.2) is 0 Å². The second-order valence-electron chi connectivity index (χ2n) is 6.81. The van der Waals surface area contributed by atoms with Crippen molar-refractivity contribution < 1.29 is 4.79 Å². The second-order valence-corrected chi connectivity index (χ2v) is 6.81. The lowest BCUT2D eigenvalue weighted by atomic mass is 9.73. The molecule has 1 atom stereocenters. The summed E-state index contributed by atoms with van der Waals surface area (Å²) in [6, 6.07) is 6.31. The standard InChI is InChI=1S/C17H24N2O.ClH/c1-17(2)9-4-3-5-15(17)19-16(20)13-6-7-14-12(11-13)8-10-18-14;/h6-7,11,15,18H,3-5,8-10H2,1-2H3,(H,19,20);1H. The molecule has 1 aromatic rings. The van der Waals surface area contributed by atoms with E-state index in [9.17, 15) is 4.79 Å². The predicted octanol–water partition coefficient (Wildman–Crippen LogP) is 3.78. The zero-order chi connectivity index (χ0) is 14.2. The molecule has 2 N–H and O–H groups in total. The summed E-state index contributed by atoms with van der Waals surface area (Å²) in [5, 5.41) is 6.59. The van der Waals surface area contributed by atoms with Crippen LogP contribution in [-0.4, -0.2) is 18.5 Å². The minimum absolute atomic E-state index is 0. The molecule has 1 aliphatic heterocycles. The molecule has 1 aliphatic carbocycles. The van der Waals surface area contributed by atoms with Crippen molar-refractivity contribution in [3.63, 3.8) is 0 Å². The van der Waals surface area contributed by atoms with Gasteiger partial charge in [0.25, 0.3) is 5.91 Å². The zero-order valence-corrected chi connectivity index (χ0v) is 13.7. The smallest absolute Gasteiger partial charge is 0.251 e. The van der Waals surface area contributed by atoms with E-state index in [4.69, 9.17) is 0 Å². The number of halogens is 1. The Bertz CT molecular complexity index is 528. The third-order valence-corrected chi connectivity index (χ3v) is 4.89. The van der Waals surface area contributed by atoms with Gasteiger partial charge in [-0.1, -0.05) is 26.7 Å². The molecule has 0 aromatic heterocycles. The Morgan fingerprint density at radius 2 is 2.14 bits per heavy atom. The first kappa shape index (κ1) is 16.2. The van der Waals surface area contributed by atoms with Crippen molar-refractivity contribution in [2.75, 3.05) is 11.9 Å². The Balaban J connectivity index is 0.00000161. The van der Waals surface area contributed by atoms with Crippen LogP contribution in [0.25, 0.3) is 0 Å². The number of hydrogen-bond donors (Lipinski definition) is 2. The van der Waals surface area contributed by atoms with E-state index in [1.54, 1.807) is 0 Å². The third kappa shape index (κ3) is 3.34. The fourth-order valence-electron chi connectivity index (χ4n) is 3.45. The summed E-state index contributed by atoms with van der Waals surface area (Å²) in [4.78, 5) is 12.5. The van der Waals surface area contributed by atoms with Crippen LogP contribution in [0.1, 0.15) is 55.5 Å². The molecular formula is C17H25ClN2O. The van der Waals surface area contributed by atoms with Crippen LogP contribution in [0.5, 0.6) is 0 Å². The van der Waals surface area contributed by atoms with Crippen molar-refractivity contribution >= 4 is 24.0 Å². The van der Waals surface area contributed by atoms with Crippen LogP contribution in [-0.2, 0) is 6.42 Å². The number of rotatable bonds is 2. The number of anilines is 1. The monoisotopic (exact) mass is 308 g/mol. The van der Waals surface area contributed by atoms with Gasteiger partial charge in [0.15, 0.2) is 0 Å². The van der Waals surface area contributed by atoms with Crippen LogP contribution in [0.4, 0.5) is 5.69 Å². The average molecular weight is 309 g/mol. The highest BCUT2D eigenvalue weighted by molar-refractivity contribution is 5.95. The van der Waals surface area contributed by atoms with Crippen molar-refractivity contribution in [2.45, 2.75) is 52.0 Å². The first-order chi connectivity index (χ1) is 9.56. The first-order valence-corrected chi connectivity index (χ1v) is 7.74. The molecule has 1 fully saturated rings. The van der Waals surface area contributed by atoms with Gasteiger partial charge in [-0.3, -0.25) is 4.79 Å². The van der Waals surface area contributed by atoms with Crippen molar-refractivity contribution in [1.29, 1.82) is 0 Å². The van der Waals surface area contributed by atoms with Gasteiger partial charge >= 0.3 is 0 Å². The number of amides is 1. The summed E-state index contributed by atoms with van der Waals surface area (Å²) in [6.45, 7) is 5.52. The Labute approximate surface area is 133 Å².